The number of carbonyl (C=O) groups is 1. The number of rotatable bonds is 7. The van der Waals surface area contributed by atoms with Gasteiger partial charge in [0.05, 0.1) is 17.4 Å². The third kappa shape index (κ3) is 5.89. The SMILES string of the molecule is O=C(Nc1cncc(Cc2ccccc2)c1)c1n[nH]c2ccc(-c3cncc(CN4CCC(F)(F)CC4)c3)cc12. The topological polar surface area (TPSA) is 86.8 Å². The molecule has 0 atom stereocenters. The maximum atomic E-state index is 13.5. The van der Waals surface area contributed by atoms with E-state index >= 15 is 0 Å². The van der Waals surface area contributed by atoms with Crippen LogP contribution in [0.5, 0.6) is 0 Å². The predicted octanol–water partition coefficient (Wildman–Crippen LogP) is 6.09. The second-order valence-corrected chi connectivity index (χ2v) is 10.2. The van der Waals surface area contributed by atoms with Crippen molar-refractivity contribution in [2.24, 2.45) is 0 Å². The first kappa shape index (κ1) is 25.8. The number of nitrogens with zero attached hydrogens (tertiary/aromatic N) is 4. The molecule has 9 heteroatoms. The van der Waals surface area contributed by atoms with Crippen LogP contribution in [-0.2, 0) is 13.0 Å². The van der Waals surface area contributed by atoms with Crippen LogP contribution in [0.1, 0.15) is 40.0 Å². The molecule has 0 spiro atoms. The molecule has 202 valence electrons. The number of nitrogens with one attached hydrogen (secondary N) is 2. The standard InChI is InChI=1S/C31H28F2N6O/c32-31(33)8-10-39(11-9-31)20-23-13-25(18-34-17-23)24-6-7-28-27(15-24)29(38-37-28)30(40)36-26-14-22(16-35-19-26)12-21-4-2-1-3-5-21/h1-7,13-19H,8-12,20H2,(H,36,40)(H,37,38). The van der Waals surface area contributed by atoms with E-state index < -0.39 is 5.92 Å². The number of pyridine rings is 2. The second-order valence-electron chi connectivity index (χ2n) is 10.2. The number of hydrogen-bond donors (Lipinski definition) is 2. The highest BCUT2D eigenvalue weighted by Gasteiger charge is 2.33. The molecule has 1 fully saturated rings. The Morgan fingerprint density at radius 1 is 0.875 bits per heavy atom. The van der Waals surface area contributed by atoms with Gasteiger partial charge in [-0.25, -0.2) is 8.78 Å². The van der Waals surface area contributed by atoms with Crippen molar-refractivity contribution in [3.05, 3.63) is 108 Å². The highest BCUT2D eigenvalue weighted by atomic mass is 19.3. The third-order valence-electron chi connectivity index (χ3n) is 7.20. The number of halogens is 2. The molecular weight excluding hydrogens is 510 g/mol. The first-order valence-electron chi connectivity index (χ1n) is 13.2. The molecule has 7 nitrogen and oxygen atoms in total. The summed E-state index contributed by atoms with van der Waals surface area (Å²) in [5.74, 6) is -2.90. The van der Waals surface area contributed by atoms with Crippen LogP contribution in [0.4, 0.5) is 14.5 Å². The summed E-state index contributed by atoms with van der Waals surface area (Å²) in [5, 5.41) is 10.8. The molecule has 2 aromatic carbocycles. The van der Waals surface area contributed by atoms with Crippen LogP contribution in [0, 0.1) is 0 Å². The van der Waals surface area contributed by atoms with Crippen molar-refractivity contribution < 1.29 is 13.6 Å². The van der Waals surface area contributed by atoms with Gasteiger partial charge in [0.2, 0.25) is 0 Å². The van der Waals surface area contributed by atoms with E-state index in [4.69, 9.17) is 0 Å². The fourth-order valence-electron chi connectivity index (χ4n) is 5.07. The number of alkyl halides is 2. The summed E-state index contributed by atoms with van der Waals surface area (Å²) in [4.78, 5) is 24.0. The summed E-state index contributed by atoms with van der Waals surface area (Å²) < 4.78 is 27.1. The Hall–Kier alpha value is -4.50. The van der Waals surface area contributed by atoms with E-state index in [1.165, 1.54) is 0 Å². The third-order valence-corrected chi connectivity index (χ3v) is 7.20. The van der Waals surface area contributed by atoms with Gasteiger partial charge in [0.1, 0.15) is 0 Å². The van der Waals surface area contributed by atoms with Crippen LogP contribution in [0.3, 0.4) is 0 Å². The predicted molar refractivity (Wildman–Crippen MR) is 150 cm³/mol. The Bertz CT molecular complexity index is 1640. The van der Waals surface area contributed by atoms with Gasteiger partial charge in [-0.05, 0) is 52.9 Å². The van der Waals surface area contributed by atoms with E-state index in [9.17, 15) is 13.6 Å². The Kier molecular flexibility index (Phi) is 7.04. The van der Waals surface area contributed by atoms with Gasteiger partial charge in [0.15, 0.2) is 5.69 Å². The summed E-state index contributed by atoms with van der Waals surface area (Å²) >= 11 is 0. The largest absolute Gasteiger partial charge is 0.319 e. The monoisotopic (exact) mass is 538 g/mol. The fraction of sp³-hybridized carbons (Fsp3) is 0.226. The van der Waals surface area contributed by atoms with Crippen molar-refractivity contribution in [2.45, 2.75) is 31.7 Å². The second kappa shape index (κ2) is 10.9. The molecule has 4 heterocycles. The smallest absolute Gasteiger partial charge is 0.276 e. The van der Waals surface area contributed by atoms with Crippen molar-refractivity contribution in [3.63, 3.8) is 0 Å². The molecular formula is C31H28F2N6O. The molecule has 6 rings (SSSR count). The van der Waals surface area contributed by atoms with Crippen LogP contribution in [-0.4, -0.2) is 50.0 Å². The molecule has 1 amide bonds. The molecule has 1 saturated heterocycles. The molecule has 0 unspecified atom stereocenters. The van der Waals surface area contributed by atoms with Crippen LogP contribution >= 0.6 is 0 Å². The lowest BCUT2D eigenvalue weighted by Crippen LogP contribution is -2.38. The Labute approximate surface area is 230 Å². The Morgan fingerprint density at radius 2 is 1.65 bits per heavy atom. The van der Waals surface area contributed by atoms with Crippen molar-refractivity contribution >= 4 is 22.5 Å². The van der Waals surface area contributed by atoms with E-state index in [1.54, 1.807) is 24.8 Å². The fourth-order valence-corrected chi connectivity index (χ4v) is 5.07. The minimum Gasteiger partial charge on any atom is -0.319 e. The number of fused-ring (bicyclic) bond motifs is 1. The maximum absolute atomic E-state index is 13.5. The van der Waals surface area contributed by atoms with E-state index in [0.29, 0.717) is 37.1 Å². The molecule has 0 aliphatic carbocycles. The zero-order valence-electron chi connectivity index (χ0n) is 21.8. The summed E-state index contributed by atoms with van der Waals surface area (Å²) in [6, 6.07) is 19.8. The quantitative estimate of drug-likeness (QED) is 0.262. The number of anilines is 1. The average molecular weight is 539 g/mol. The summed E-state index contributed by atoms with van der Waals surface area (Å²) in [7, 11) is 0. The molecule has 2 N–H and O–H groups in total. The van der Waals surface area contributed by atoms with E-state index in [0.717, 1.165) is 33.3 Å². The molecule has 1 aliphatic rings. The zero-order valence-corrected chi connectivity index (χ0v) is 21.8. The van der Waals surface area contributed by atoms with Crippen molar-refractivity contribution in [1.29, 1.82) is 0 Å². The van der Waals surface area contributed by atoms with Gasteiger partial charge in [-0.15, -0.1) is 0 Å². The molecule has 5 aromatic rings. The normalized spacial score (nSPS) is 15.2. The number of likely N-dealkylation sites (tertiary alicyclic amines) is 1. The summed E-state index contributed by atoms with van der Waals surface area (Å²) in [6.07, 6.45) is 7.42. The molecule has 0 bridgehead atoms. The minimum atomic E-state index is -2.57. The first-order chi connectivity index (χ1) is 19.4. The van der Waals surface area contributed by atoms with E-state index in [2.05, 4.69) is 37.6 Å². The highest BCUT2D eigenvalue weighted by molar-refractivity contribution is 6.11. The van der Waals surface area contributed by atoms with Crippen molar-refractivity contribution in [2.75, 3.05) is 18.4 Å². The van der Waals surface area contributed by atoms with Gasteiger partial charge in [-0.3, -0.25) is 24.8 Å². The lowest BCUT2D eigenvalue weighted by molar-refractivity contribution is -0.0566. The minimum absolute atomic E-state index is 0.116. The average Bonchev–Trinajstić information content (AvgIpc) is 3.39. The van der Waals surface area contributed by atoms with Crippen LogP contribution < -0.4 is 5.32 Å². The molecule has 3 aromatic heterocycles. The summed E-state index contributed by atoms with van der Waals surface area (Å²) in [5.41, 5.74) is 6.49. The molecule has 40 heavy (non-hydrogen) atoms. The van der Waals surface area contributed by atoms with Gasteiger partial charge in [0, 0.05) is 62.0 Å². The lowest BCUT2D eigenvalue weighted by atomic mass is 10.0. The highest BCUT2D eigenvalue weighted by Crippen LogP contribution is 2.30. The van der Waals surface area contributed by atoms with Crippen LogP contribution in [0.2, 0.25) is 0 Å². The molecule has 1 aliphatic heterocycles. The van der Waals surface area contributed by atoms with E-state index in [-0.39, 0.29) is 24.4 Å². The maximum Gasteiger partial charge on any atom is 0.276 e. The Balaban J connectivity index is 1.19. The number of piperidine rings is 1. The van der Waals surface area contributed by atoms with Crippen LogP contribution in [0.25, 0.3) is 22.0 Å². The summed E-state index contributed by atoms with van der Waals surface area (Å²) in [6.45, 7) is 1.29. The molecule has 0 saturated carbocycles. The number of benzene rings is 2. The van der Waals surface area contributed by atoms with E-state index in [1.807, 2.05) is 53.4 Å². The number of H-pyrrole nitrogens is 1. The first-order valence-corrected chi connectivity index (χ1v) is 13.2. The number of aromatic amines is 1. The van der Waals surface area contributed by atoms with Crippen molar-refractivity contribution in [3.8, 4) is 11.1 Å². The number of amides is 1. The number of aromatic nitrogens is 4. The van der Waals surface area contributed by atoms with Gasteiger partial charge >= 0.3 is 0 Å². The van der Waals surface area contributed by atoms with Gasteiger partial charge in [-0.2, -0.15) is 5.10 Å². The van der Waals surface area contributed by atoms with Gasteiger partial charge in [-0.1, -0.05) is 36.4 Å². The number of carbonyl (C=O) groups excluding carboxylic acids is 1. The van der Waals surface area contributed by atoms with Crippen LogP contribution in [0.15, 0.2) is 85.5 Å². The lowest BCUT2D eigenvalue weighted by Gasteiger charge is -2.31. The Morgan fingerprint density at radius 3 is 2.48 bits per heavy atom. The van der Waals surface area contributed by atoms with Crippen molar-refractivity contribution in [1.82, 2.24) is 25.1 Å². The molecule has 0 radical (unpaired) electrons. The zero-order chi connectivity index (χ0) is 27.5. The van der Waals surface area contributed by atoms with Gasteiger partial charge < -0.3 is 5.32 Å². The number of hydrogen-bond acceptors (Lipinski definition) is 5. The van der Waals surface area contributed by atoms with Gasteiger partial charge in [0.25, 0.3) is 11.8 Å².